The summed E-state index contributed by atoms with van der Waals surface area (Å²) in [4.78, 5) is 38.4. The Bertz CT molecular complexity index is 2010. The number of ether oxygens (including phenoxy) is 1. The Morgan fingerprint density at radius 2 is 1.79 bits per heavy atom. The number of pyridine rings is 1. The molecule has 2 aromatic carbocycles. The number of hydrogen-bond donors (Lipinski definition) is 2. The van der Waals surface area contributed by atoms with Gasteiger partial charge in [0.05, 0.1) is 24.6 Å². The molecule has 4 aromatic rings. The second-order valence-corrected chi connectivity index (χ2v) is 14.2. The zero-order valence-corrected chi connectivity index (χ0v) is 34.7. The van der Waals surface area contributed by atoms with Gasteiger partial charge in [-0.05, 0) is 98.7 Å². The van der Waals surface area contributed by atoms with Crippen LogP contribution in [0.3, 0.4) is 0 Å². The lowest BCUT2D eigenvalue weighted by Gasteiger charge is -2.37. The molecule has 11 nitrogen and oxygen atoms in total. The van der Waals surface area contributed by atoms with Crippen LogP contribution in [0.15, 0.2) is 95.9 Å². The number of fused-ring (bicyclic) bond motifs is 1. The lowest BCUT2D eigenvalue weighted by Crippen LogP contribution is -2.47. The highest BCUT2D eigenvalue weighted by Gasteiger charge is 2.29. The van der Waals surface area contributed by atoms with E-state index in [4.69, 9.17) is 4.74 Å². The summed E-state index contributed by atoms with van der Waals surface area (Å²) in [6.45, 7) is 15.4. The largest absolute Gasteiger partial charge is 0.508 e. The zero-order valence-electron chi connectivity index (χ0n) is 34.7. The summed E-state index contributed by atoms with van der Waals surface area (Å²) < 4.78 is 19.8. The van der Waals surface area contributed by atoms with Crippen molar-refractivity contribution in [3.05, 3.63) is 108 Å². The molecule has 0 spiro atoms. The summed E-state index contributed by atoms with van der Waals surface area (Å²) in [5, 5.41) is 14.0. The van der Waals surface area contributed by atoms with E-state index >= 15 is 0 Å². The van der Waals surface area contributed by atoms with Crippen molar-refractivity contribution in [2.24, 2.45) is 4.99 Å². The third kappa shape index (κ3) is 12.2. The third-order valence-corrected chi connectivity index (χ3v) is 10.5. The molecule has 2 amide bonds. The number of anilines is 1. The smallest absolute Gasteiger partial charge is 0.324 e. The van der Waals surface area contributed by atoms with Crippen LogP contribution in [-0.2, 0) is 22.6 Å². The predicted octanol–water partition coefficient (Wildman–Crippen LogP) is 8.15. The van der Waals surface area contributed by atoms with Gasteiger partial charge in [-0.2, -0.15) is 0 Å². The third-order valence-electron chi connectivity index (χ3n) is 10.5. The molecule has 6 rings (SSSR count). The number of phenols is 1. The second-order valence-electron chi connectivity index (χ2n) is 14.2. The maximum Gasteiger partial charge on any atom is 0.324 e. The fraction of sp³-hybridized carbons (Fsp3) is 0.422. The van der Waals surface area contributed by atoms with Crippen LogP contribution in [0.2, 0.25) is 0 Å². The summed E-state index contributed by atoms with van der Waals surface area (Å²) in [6.07, 6.45) is 7.68. The number of aromatic hydroxyl groups is 1. The van der Waals surface area contributed by atoms with Gasteiger partial charge in [0, 0.05) is 82.6 Å². The molecule has 2 aliphatic rings. The van der Waals surface area contributed by atoms with Gasteiger partial charge >= 0.3 is 6.03 Å². The first kappa shape index (κ1) is 44.5. The molecule has 2 N–H and O–H groups in total. The van der Waals surface area contributed by atoms with Gasteiger partial charge in [-0.15, -0.1) is 0 Å². The van der Waals surface area contributed by atoms with Gasteiger partial charge in [0.15, 0.2) is 6.29 Å². The molecule has 306 valence electrons. The highest BCUT2D eigenvalue weighted by molar-refractivity contribution is 6.13. The minimum atomic E-state index is -0.643. The van der Waals surface area contributed by atoms with Gasteiger partial charge in [-0.25, -0.2) is 14.2 Å². The lowest BCUT2D eigenvalue weighted by atomic mass is 9.90. The maximum absolute atomic E-state index is 13.7. The number of aliphatic imine (C=N–C) groups is 1. The number of allylic oxidation sites excluding steroid dienone is 3. The average molecular weight is 782 g/mol. The highest BCUT2D eigenvalue weighted by Crippen LogP contribution is 2.32. The van der Waals surface area contributed by atoms with Crippen LogP contribution in [-0.4, -0.2) is 102 Å². The number of aromatic nitrogens is 2. The number of carbonyl (C=O) groups is 2. The molecule has 2 fully saturated rings. The number of aryl methyl sites for hydroxylation is 1. The monoisotopic (exact) mass is 781 g/mol. The molecular formula is C45H60FN7O4. The minimum Gasteiger partial charge on any atom is -0.508 e. The number of aldehydes is 1. The lowest BCUT2D eigenvalue weighted by molar-refractivity contribution is -0.104. The SMILES string of the molecule is C=C(F)/C=C(/C=O)C(C)=NC.CC.Cc1nc2ccccn2c1CNC1CCC(N(C)C(=O)N(C)c2cccc(-c3ccc(O)cc3CN3CCOCC3)c2)CC1. The Labute approximate surface area is 337 Å². The van der Waals surface area contributed by atoms with Gasteiger partial charge in [0.1, 0.15) is 17.2 Å². The van der Waals surface area contributed by atoms with Crippen LogP contribution in [0.4, 0.5) is 14.9 Å². The van der Waals surface area contributed by atoms with Crippen molar-refractivity contribution in [3.63, 3.8) is 0 Å². The Balaban J connectivity index is 0.000000481. The van der Waals surface area contributed by atoms with E-state index in [1.54, 1.807) is 17.9 Å². The number of phenolic OH excluding ortho intramolecular Hbond substituents is 1. The molecule has 1 saturated carbocycles. The molecule has 0 radical (unpaired) electrons. The van der Waals surface area contributed by atoms with Gasteiger partial charge < -0.3 is 24.5 Å². The number of hydrogen-bond acceptors (Lipinski definition) is 8. The maximum atomic E-state index is 13.7. The van der Waals surface area contributed by atoms with Gasteiger partial charge in [0.2, 0.25) is 0 Å². The number of benzene rings is 2. The van der Waals surface area contributed by atoms with Crippen molar-refractivity contribution in [1.82, 2.24) is 24.5 Å². The molecule has 2 aromatic heterocycles. The number of carbonyl (C=O) groups excluding carboxylic acids is 2. The van der Waals surface area contributed by atoms with Gasteiger partial charge in [-0.3, -0.25) is 19.6 Å². The van der Waals surface area contributed by atoms with Crippen LogP contribution in [0.1, 0.15) is 63.4 Å². The Hall–Kier alpha value is -5.17. The topological polar surface area (TPSA) is 115 Å². The number of nitrogens with one attached hydrogen (secondary N) is 1. The van der Waals surface area contributed by atoms with E-state index in [0.29, 0.717) is 18.0 Å². The summed E-state index contributed by atoms with van der Waals surface area (Å²) in [5.74, 6) is -0.382. The van der Waals surface area contributed by atoms with Crippen molar-refractivity contribution in [3.8, 4) is 16.9 Å². The minimum absolute atomic E-state index is 0.000778. The molecule has 3 heterocycles. The first-order valence-electron chi connectivity index (χ1n) is 19.8. The Morgan fingerprint density at radius 1 is 1.07 bits per heavy atom. The van der Waals surface area contributed by atoms with Crippen molar-refractivity contribution in [2.45, 2.75) is 78.6 Å². The van der Waals surface area contributed by atoms with Crippen molar-refractivity contribution >= 4 is 29.4 Å². The summed E-state index contributed by atoms with van der Waals surface area (Å²) in [5.41, 5.74) is 7.99. The number of imidazole rings is 1. The summed E-state index contributed by atoms with van der Waals surface area (Å²) in [7, 11) is 5.33. The van der Waals surface area contributed by atoms with Crippen LogP contribution in [0.5, 0.6) is 5.75 Å². The molecule has 0 unspecified atom stereocenters. The number of nitrogens with zero attached hydrogens (tertiary/aromatic N) is 6. The van der Waals surface area contributed by atoms with Gasteiger partial charge in [0.25, 0.3) is 0 Å². The molecule has 1 aliphatic carbocycles. The number of halogens is 1. The van der Waals surface area contributed by atoms with E-state index in [1.165, 1.54) is 12.7 Å². The highest BCUT2D eigenvalue weighted by atomic mass is 19.1. The van der Waals surface area contributed by atoms with E-state index in [9.17, 15) is 19.1 Å². The number of urea groups is 1. The molecule has 12 heteroatoms. The van der Waals surface area contributed by atoms with E-state index in [0.717, 1.165) is 105 Å². The Morgan fingerprint density at radius 3 is 2.46 bits per heavy atom. The molecule has 0 bridgehead atoms. The first-order chi connectivity index (χ1) is 27.5. The van der Waals surface area contributed by atoms with E-state index in [2.05, 4.69) is 56.4 Å². The molecule has 1 saturated heterocycles. The number of morpholine rings is 1. The number of amides is 2. The summed E-state index contributed by atoms with van der Waals surface area (Å²) >= 11 is 0. The zero-order chi connectivity index (χ0) is 41.5. The van der Waals surface area contributed by atoms with Crippen LogP contribution < -0.4 is 10.2 Å². The van der Waals surface area contributed by atoms with Crippen LogP contribution >= 0.6 is 0 Å². The fourth-order valence-corrected chi connectivity index (χ4v) is 7.19. The normalized spacial score (nSPS) is 17.5. The van der Waals surface area contributed by atoms with E-state index in [1.807, 2.05) is 75.3 Å². The molecule has 57 heavy (non-hydrogen) atoms. The predicted molar refractivity (Wildman–Crippen MR) is 229 cm³/mol. The van der Waals surface area contributed by atoms with E-state index in [-0.39, 0.29) is 23.4 Å². The van der Waals surface area contributed by atoms with Crippen LogP contribution in [0.25, 0.3) is 16.8 Å². The standard InChI is InChI=1S/C35H44N6O3.C8H10FNO.C2H6/c1-25-33(41-16-5-4-9-34(41)37-25)23-36-28-10-12-29(13-11-28)38(2)35(43)39(3)30-8-6-7-26(21-30)32-15-14-31(42)22-27(32)24-40-17-19-44-20-18-40;1-6(9)4-8(5-11)7(2)10-3;1-2/h4-9,14-16,21-22,28-29,36,42H,10-13,17-20,23-24H2,1-3H3;4-5H,1H2,2-3H3;1-2H3/b;8-4-,10-7?;. The first-order valence-corrected chi connectivity index (χ1v) is 19.8. The van der Waals surface area contributed by atoms with Gasteiger partial charge in [-0.1, -0.05) is 44.7 Å². The number of rotatable bonds is 11. The molecule has 1 aliphatic heterocycles. The quantitative estimate of drug-likeness (QED) is 0.0684. The Kier molecular flexibility index (Phi) is 17.2. The second kappa shape index (κ2) is 21.9. The molecule has 0 atom stereocenters. The van der Waals surface area contributed by atoms with E-state index < -0.39 is 5.83 Å². The van der Waals surface area contributed by atoms with Crippen LogP contribution in [0, 0.1) is 6.92 Å². The average Bonchev–Trinajstić information content (AvgIpc) is 3.56. The van der Waals surface area contributed by atoms with Crippen molar-refractivity contribution in [2.75, 3.05) is 52.3 Å². The molecular weight excluding hydrogens is 722 g/mol. The summed E-state index contributed by atoms with van der Waals surface area (Å²) in [6, 6.07) is 20.4. The van der Waals surface area contributed by atoms with Crippen molar-refractivity contribution < 1.29 is 23.8 Å². The van der Waals surface area contributed by atoms with Crippen molar-refractivity contribution in [1.29, 1.82) is 0 Å². The fourth-order valence-electron chi connectivity index (χ4n) is 7.19.